The summed E-state index contributed by atoms with van der Waals surface area (Å²) in [7, 11) is 0. The average Bonchev–Trinajstić information content (AvgIpc) is 3.47. The molecule has 6 nitrogen and oxygen atoms in total. The van der Waals surface area contributed by atoms with Crippen LogP contribution in [0.3, 0.4) is 0 Å². The van der Waals surface area contributed by atoms with Gasteiger partial charge in [0.05, 0.1) is 23.3 Å². The normalized spacial score (nSPS) is 12.7. The van der Waals surface area contributed by atoms with E-state index in [1.54, 1.807) is 6.07 Å². The number of nitrogens with zero attached hydrogens (tertiary/aromatic N) is 1. The highest BCUT2D eigenvalue weighted by Gasteiger charge is 2.14. The third-order valence-corrected chi connectivity index (χ3v) is 5.58. The Morgan fingerprint density at radius 2 is 2.10 bits per heavy atom. The van der Waals surface area contributed by atoms with Gasteiger partial charge in [-0.15, -0.1) is 11.3 Å². The molecule has 1 aliphatic rings. The van der Waals surface area contributed by atoms with E-state index in [9.17, 15) is 9.18 Å². The molecule has 0 bridgehead atoms. The molecule has 8 heteroatoms. The van der Waals surface area contributed by atoms with Crippen LogP contribution in [0.5, 0.6) is 11.5 Å². The number of hydrogen-bond donors (Lipinski definition) is 2. The molecule has 0 atom stereocenters. The minimum absolute atomic E-state index is 0.128. The molecule has 0 radical (unpaired) electrons. The van der Waals surface area contributed by atoms with Gasteiger partial charge in [0.1, 0.15) is 5.82 Å². The molecule has 1 amide bonds. The molecular formula is C22H16FN3O3S. The van der Waals surface area contributed by atoms with E-state index in [1.165, 1.54) is 17.4 Å². The minimum atomic E-state index is -0.517. The van der Waals surface area contributed by atoms with Gasteiger partial charge in [-0.25, -0.2) is 4.39 Å². The van der Waals surface area contributed by atoms with Gasteiger partial charge in [-0.3, -0.25) is 9.89 Å². The topological polar surface area (TPSA) is 76.2 Å². The fourth-order valence-electron chi connectivity index (χ4n) is 3.24. The first-order valence-electron chi connectivity index (χ1n) is 9.23. The molecule has 2 aromatic carbocycles. The molecule has 5 rings (SSSR count). The highest BCUT2D eigenvalue weighted by atomic mass is 32.1. The van der Waals surface area contributed by atoms with Gasteiger partial charge < -0.3 is 14.8 Å². The molecule has 0 unspecified atom stereocenters. The summed E-state index contributed by atoms with van der Waals surface area (Å²) in [6, 6.07) is 12.3. The predicted molar refractivity (Wildman–Crippen MR) is 114 cm³/mol. The largest absolute Gasteiger partial charge is 0.454 e. The van der Waals surface area contributed by atoms with Crippen LogP contribution < -0.4 is 14.8 Å². The lowest BCUT2D eigenvalue weighted by Gasteiger charge is -2.06. The number of fused-ring (bicyclic) bond motifs is 2. The molecule has 0 spiro atoms. The Hall–Kier alpha value is -3.65. The number of thiophene rings is 1. The first-order valence-corrected chi connectivity index (χ1v) is 10.1. The van der Waals surface area contributed by atoms with Crippen LogP contribution in [0.4, 0.5) is 10.1 Å². The second-order valence-electron chi connectivity index (χ2n) is 6.74. The van der Waals surface area contributed by atoms with Crippen molar-refractivity contribution in [2.24, 2.45) is 0 Å². The zero-order valence-electron chi connectivity index (χ0n) is 15.6. The summed E-state index contributed by atoms with van der Waals surface area (Å²) in [5.41, 5.74) is 2.23. The summed E-state index contributed by atoms with van der Waals surface area (Å²) in [6.07, 6.45) is 3.92. The van der Waals surface area contributed by atoms with Gasteiger partial charge in [-0.05, 0) is 41.3 Å². The molecular weight excluding hydrogens is 405 g/mol. The summed E-state index contributed by atoms with van der Waals surface area (Å²) in [4.78, 5) is 13.2. The van der Waals surface area contributed by atoms with Gasteiger partial charge in [0, 0.05) is 16.3 Å². The van der Waals surface area contributed by atoms with Gasteiger partial charge >= 0.3 is 0 Å². The van der Waals surface area contributed by atoms with E-state index in [0.717, 1.165) is 16.2 Å². The summed E-state index contributed by atoms with van der Waals surface area (Å²) in [5.74, 6) is 0.631. The number of aromatic amines is 1. The van der Waals surface area contributed by atoms with Crippen molar-refractivity contribution in [2.45, 2.75) is 6.42 Å². The number of aromatic nitrogens is 2. The van der Waals surface area contributed by atoms with E-state index in [1.807, 2.05) is 47.9 Å². The molecule has 4 aromatic rings. The van der Waals surface area contributed by atoms with E-state index < -0.39 is 5.82 Å². The smallest absolute Gasteiger partial charge is 0.231 e. The molecule has 2 aromatic heterocycles. The van der Waals surface area contributed by atoms with Gasteiger partial charge in [-0.2, -0.15) is 5.10 Å². The van der Waals surface area contributed by atoms with Gasteiger partial charge in [0.25, 0.3) is 0 Å². The minimum Gasteiger partial charge on any atom is -0.454 e. The number of nitrogens with one attached hydrogen (secondary N) is 2. The van der Waals surface area contributed by atoms with E-state index in [-0.39, 0.29) is 24.8 Å². The number of rotatable bonds is 5. The first-order chi connectivity index (χ1) is 14.7. The second kappa shape index (κ2) is 7.64. The maximum atomic E-state index is 14.4. The summed E-state index contributed by atoms with van der Waals surface area (Å²) < 4.78 is 25.2. The third kappa shape index (κ3) is 3.65. The van der Waals surface area contributed by atoms with Crippen LogP contribution in [0.15, 0.2) is 47.8 Å². The van der Waals surface area contributed by atoms with Crippen LogP contribution in [0.25, 0.3) is 23.1 Å². The number of amides is 1. The molecule has 150 valence electrons. The van der Waals surface area contributed by atoms with E-state index in [0.29, 0.717) is 22.3 Å². The van der Waals surface area contributed by atoms with Crippen molar-refractivity contribution < 1.29 is 18.7 Å². The standard InChI is InChI=1S/C22H16FN3O3S/c23-16-11-18-15(10-19(16)24-22(27)9-14-2-1-7-30-14)17(25-26-18)5-3-13-4-6-20-21(8-13)29-12-28-20/h1-8,10-11H,9,12H2,(H,24,27)(H,25,26). The van der Waals surface area contributed by atoms with Crippen LogP contribution >= 0.6 is 11.3 Å². The second-order valence-corrected chi connectivity index (χ2v) is 7.77. The fraction of sp³-hybridized carbons (Fsp3) is 0.0909. The lowest BCUT2D eigenvalue weighted by molar-refractivity contribution is -0.115. The number of anilines is 1. The molecule has 1 aliphatic heterocycles. The van der Waals surface area contributed by atoms with E-state index in [2.05, 4.69) is 15.5 Å². The van der Waals surface area contributed by atoms with Crippen molar-refractivity contribution >= 4 is 46.0 Å². The van der Waals surface area contributed by atoms with Crippen LogP contribution in [0.2, 0.25) is 0 Å². The third-order valence-electron chi connectivity index (χ3n) is 4.70. The van der Waals surface area contributed by atoms with Crippen molar-refractivity contribution in [3.8, 4) is 11.5 Å². The number of carbonyl (C=O) groups is 1. The lowest BCUT2D eigenvalue weighted by Crippen LogP contribution is -2.14. The number of hydrogen-bond acceptors (Lipinski definition) is 5. The maximum Gasteiger partial charge on any atom is 0.231 e. The highest BCUT2D eigenvalue weighted by molar-refractivity contribution is 7.10. The Labute approximate surface area is 174 Å². The Morgan fingerprint density at radius 3 is 2.97 bits per heavy atom. The number of benzene rings is 2. The number of halogens is 1. The Morgan fingerprint density at radius 1 is 1.20 bits per heavy atom. The first kappa shape index (κ1) is 18.4. The monoisotopic (exact) mass is 421 g/mol. The zero-order valence-corrected chi connectivity index (χ0v) is 16.5. The van der Waals surface area contributed by atoms with Gasteiger partial charge in [-0.1, -0.05) is 18.2 Å². The Bertz CT molecular complexity index is 1260. The Balaban J connectivity index is 1.39. The molecule has 0 saturated carbocycles. The molecule has 3 heterocycles. The number of carbonyl (C=O) groups excluding carboxylic acids is 1. The average molecular weight is 421 g/mol. The fourth-order valence-corrected chi connectivity index (χ4v) is 3.94. The molecule has 2 N–H and O–H groups in total. The van der Waals surface area contributed by atoms with Crippen molar-refractivity contribution in [1.29, 1.82) is 0 Å². The van der Waals surface area contributed by atoms with Crippen LogP contribution in [0, 0.1) is 5.82 Å². The predicted octanol–water partition coefficient (Wildman–Crippen LogP) is 4.84. The molecule has 30 heavy (non-hydrogen) atoms. The number of ether oxygens (including phenoxy) is 2. The molecule has 0 aliphatic carbocycles. The quantitative estimate of drug-likeness (QED) is 0.483. The van der Waals surface area contributed by atoms with Gasteiger partial charge in [0.15, 0.2) is 11.5 Å². The van der Waals surface area contributed by atoms with E-state index in [4.69, 9.17) is 9.47 Å². The van der Waals surface area contributed by atoms with Crippen LogP contribution in [-0.4, -0.2) is 22.9 Å². The number of H-pyrrole nitrogens is 1. The van der Waals surface area contributed by atoms with Crippen molar-refractivity contribution in [2.75, 3.05) is 12.1 Å². The van der Waals surface area contributed by atoms with Crippen molar-refractivity contribution in [3.05, 3.63) is 69.8 Å². The summed E-state index contributed by atoms with van der Waals surface area (Å²) in [6.45, 7) is 0.221. The molecule has 0 fully saturated rings. The maximum absolute atomic E-state index is 14.4. The SMILES string of the molecule is O=C(Cc1cccs1)Nc1cc2c(C=Cc3ccc4c(c3)OCO4)n[nH]c2cc1F. The van der Waals surface area contributed by atoms with Crippen molar-refractivity contribution in [1.82, 2.24) is 10.2 Å². The summed E-state index contributed by atoms with van der Waals surface area (Å²) >= 11 is 1.49. The Kier molecular flexibility index (Phi) is 4.68. The lowest BCUT2D eigenvalue weighted by atomic mass is 10.1. The van der Waals surface area contributed by atoms with E-state index >= 15 is 0 Å². The highest BCUT2D eigenvalue weighted by Crippen LogP contribution is 2.33. The van der Waals surface area contributed by atoms with Crippen molar-refractivity contribution in [3.63, 3.8) is 0 Å². The van der Waals surface area contributed by atoms with Crippen LogP contribution in [-0.2, 0) is 11.2 Å². The van der Waals surface area contributed by atoms with Crippen LogP contribution in [0.1, 0.15) is 16.1 Å². The molecule has 0 saturated heterocycles. The summed E-state index contributed by atoms with van der Waals surface area (Å²) in [5, 5.41) is 12.4. The zero-order chi connectivity index (χ0) is 20.5. The van der Waals surface area contributed by atoms with Gasteiger partial charge in [0.2, 0.25) is 12.7 Å².